The molecule has 0 unspecified atom stereocenters. The van der Waals surface area contributed by atoms with Gasteiger partial charge in [0, 0.05) is 5.54 Å². The maximum Gasteiger partial charge on any atom is 0.322 e. The number of nitrogens with one attached hydrogen (secondary N) is 2. The summed E-state index contributed by atoms with van der Waals surface area (Å²) in [4.78, 5) is 27.2. The second-order valence-corrected chi connectivity index (χ2v) is 8.34. The Kier molecular flexibility index (Phi) is 5.91. The number of aliphatic imine (C=N–C) groups is 1. The fourth-order valence-electron chi connectivity index (χ4n) is 4.91. The van der Waals surface area contributed by atoms with E-state index in [1.54, 1.807) is 18.2 Å². The first-order valence-corrected chi connectivity index (χ1v) is 10.8. The van der Waals surface area contributed by atoms with Gasteiger partial charge in [-0.1, -0.05) is 37.3 Å². The molecule has 1 aromatic heterocycles. The van der Waals surface area contributed by atoms with E-state index in [-0.39, 0.29) is 17.1 Å². The van der Waals surface area contributed by atoms with E-state index in [9.17, 15) is 4.79 Å². The number of benzene rings is 1. The Morgan fingerprint density at radius 2 is 2.00 bits per heavy atom. The Morgan fingerprint density at radius 3 is 2.65 bits per heavy atom. The highest BCUT2D eigenvalue weighted by Gasteiger charge is 2.49. The zero-order valence-electron chi connectivity index (χ0n) is 18.2. The standard InChI is InChI=1S/C23H30N6O2/c1-4-26-23(17-8-6-5-7-9-17)12-10-22(11-13-23)16-29(21(30)28-22)18-14-25-19(15-24-2)27-20(18)31-3/h5-9,14,26H,2,4,10-13,15-16H2,1,3H3,(H,28,30)/t22-,23+. The lowest BCUT2D eigenvalue weighted by molar-refractivity contribution is 0.161. The SMILES string of the molecule is C=NCc1ncc(N2C[C@]3(CC[C@@](NCC)(c4ccccc4)CC3)NC2=O)c(OC)n1. The molecule has 2 amide bonds. The van der Waals surface area contributed by atoms with Crippen molar-refractivity contribution in [3.05, 3.63) is 47.9 Å². The highest BCUT2D eigenvalue weighted by atomic mass is 16.5. The average Bonchev–Trinajstić information content (AvgIpc) is 3.12. The third kappa shape index (κ3) is 3.99. The minimum absolute atomic E-state index is 0.0560. The van der Waals surface area contributed by atoms with E-state index < -0.39 is 0 Å². The Labute approximate surface area is 183 Å². The van der Waals surface area contributed by atoms with Crippen LogP contribution >= 0.6 is 0 Å². The lowest BCUT2D eigenvalue weighted by Gasteiger charge is -2.45. The van der Waals surface area contributed by atoms with Crippen LogP contribution in [0.15, 0.2) is 41.5 Å². The molecule has 2 aliphatic rings. The molecule has 8 nitrogen and oxygen atoms in total. The van der Waals surface area contributed by atoms with Crippen LogP contribution in [0.4, 0.5) is 10.5 Å². The van der Waals surface area contributed by atoms with Crippen molar-refractivity contribution in [3.63, 3.8) is 0 Å². The van der Waals surface area contributed by atoms with Crippen LogP contribution in [0.3, 0.4) is 0 Å². The van der Waals surface area contributed by atoms with E-state index in [0.717, 1.165) is 32.2 Å². The zero-order chi connectivity index (χ0) is 21.9. The van der Waals surface area contributed by atoms with Gasteiger partial charge in [0.25, 0.3) is 0 Å². The summed E-state index contributed by atoms with van der Waals surface area (Å²) in [6.07, 6.45) is 5.32. The van der Waals surface area contributed by atoms with Crippen molar-refractivity contribution in [2.75, 3.05) is 25.1 Å². The van der Waals surface area contributed by atoms with E-state index in [2.05, 4.69) is 63.5 Å². The number of ether oxygens (including phenoxy) is 1. The zero-order valence-corrected chi connectivity index (χ0v) is 18.2. The van der Waals surface area contributed by atoms with Gasteiger partial charge in [-0.15, -0.1) is 0 Å². The van der Waals surface area contributed by atoms with Gasteiger partial charge < -0.3 is 15.4 Å². The second-order valence-electron chi connectivity index (χ2n) is 8.34. The number of methoxy groups -OCH3 is 1. The second kappa shape index (κ2) is 8.63. The maximum atomic E-state index is 12.9. The Hall–Kier alpha value is -3.00. The van der Waals surface area contributed by atoms with E-state index in [1.807, 2.05) is 6.07 Å². The van der Waals surface area contributed by atoms with Gasteiger partial charge in [-0.2, -0.15) is 4.98 Å². The molecule has 2 N–H and O–H groups in total. The number of carbonyl (C=O) groups is 1. The molecule has 1 aromatic carbocycles. The van der Waals surface area contributed by atoms with Crippen LogP contribution in [-0.2, 0) is 12.1 Å². The first-order chi connectivity index (χ1) is 15.0. The molecule has 1 spiro atoms. The predicted octanol–water partition coefficient (Wildman–Crippen LogP) is 3.03. The number of urea groups is 1. The van der Waals surface area contributed by atoms with E-state index in [4.69, 9.17) is 4.74 Å². The summed E-state index contributed by atoms with van der Waals surface area (Å²) in [5.41, 5.74) is 1.57. The van der Waals surface area contributed by atoms with Crippen molar-refractivity contribution in [3.8, 4) is 5.88 Å². The highest BCUT2D eigenvalue weighted by molar-refractivity contribution is 5.96. The van der Waals surface area contributed by atoms with Crippen molar-refractivity contribution in [1.29, 1.82) is 0 Å². The molecule has 0 bridgehead atoms. The van der Waals surface area contributed by atoms with Crippen LogP contribution in [-0.4, -0.2) is 48.5 Å². The molecule has 2 heterocycles. The largest absolute Gasteiger partial charge is 0.479 e. The molecule has 31 heavy (non-hydrogen) atoms. The number of aromatic nitrogens is 2. The molecule has 2 aromatic rings. The normalized spacial score (nSPS) is 25.5. The van der Waals surface area contributed by atoms with Gasteiger partial charge in [-0.3, -0.25) is 9.89 Å². The van der Waals surface area contributed by atoms with E-state index >= 15 is 0 Å². The Morgan fingerprint density at radius 1 is 1.26 bits per heavy atom. The van der Waals surface area contributed by atoms with Gasteiger partial charge in [0.1, 0.15) is 5.69 Å². The molecule has 1 saturated carbocycles. The van der Waals surface area contributed by atoms with Gasteiger partial charge in [0.05, 0.1) is 31.9 Å². The third-order valence-corrected chi connectivity index (χ3v) is 6.50. The number of anilines is 1. The summed E-state index contributed by atoms with van der Waals surface area (Å²) < 4.78 is 5.45. The molecule has 0 radical (unpaired) electrons. The summed E-state index contributed by atoms with van der Waals surface area (Å²) in [6.45, 7) is 7.40. The van der Waals surface area contributed by atoms with Crippen molar-refractivity contribution in [2.24, 2.45) is 4.99 Å². The molecule has 1 aliphatic carbocycles. The summed E-state index contributed by atoms with van der Waals surface area (Å²) in [6, 6.07) is 10.5. The van der Waals surface area contributed by atoms with Crippen LogP contribution in [0.5, 0.6) is 5.88 Å². The maximum absolute atomic E-state index is 12.9. The Balaban J connectivity index is 1.54. The summed E-state index contributed by atoms with van der Waals surface area (Å²) >= 11 is 0. The van der Waals surface area contributed by atoms with Gasteiger partial charge in [0.2, 0.25) is 5.88 Å². The van der Waals surface area contributed by atoms with Crippen LogP contribution in [0, 0.1) is 0 Å². The summed E-state index contributed by atoms with van der Waals surface area (Å²) in [7, 11) is 1.55. The van der Waals surface area contributed by atoms with Crippen LogP contribution in [0.2, 0.25) is 0 Å². The van der Waals surface area contributed by atoms with Gasteiger partial charge in [0.15, 0.2) is 5.82 Å². The van der Waals surface area contributed by atoms with Crippen LogP contribution in [0.25, 0.3) is 0 Å². The molecular formula is C23H30N6O2. The van der Waals surface area contributed by atoms with E-state index in [1.165, 1.54) is 5.56 Å². The van der Waals surface area contributed by atoms with Gasteiger partial charge in [-0.25, -0.2) is 9.78 Å². The fourth-order valence-corrected chi connectivity index (χ4v) is 4.91. The number of hydrogen-bond acceptors (Lipinski definition) is 6. The first-order valence-electron chi connectivity index (χ1n) is 10.8. The van der Waals surface area contributed by atoms with Gasteiger partial charge in [-0.05, 0) is 44.5 Å². The van der Waals surface area contributed by atoms with Crippen molar-refractivity contribution in [2.45, 2.75) is 50.2 Å². The molecular weight excluding hydrogens is 392 g/mol. The molecule has 4 rings (SSSR count). The van der Waals surface area contributed by atoms with Crippen molar-refractivity contribution < 1.29 is 9.53 Å². The lowest BCUT2D eigenvalue weighted by atomic mass is 9.69. The molecule has 1 aliphatic heterocycles. The molecule has 0 atom stereocenters. The molecule has 1 saturated heterocycles. The Bertz CT molecular complexity index is 940. The summed E-state index contributed by atoms with van der Waals surface area (Å²) in [5.74, 6) is 0.892. The van der Waals surface area contributed by atoms with Crippen molar-refractivity contribution >= 4 is 18.4 Å². The third-order valence-electron chi connectivity index (χ3n) is 6.50. The summed E-state index contributed by atoms with van der Waals surface area (Å²) in [5, 5.41) is 6.99. The first kappa shape index (κ1) is 21.2. The highest BCUT2D eigenvalue weighted by Crippen LogP contribution is 2.44. The number of carbonyl (C=O) groups excluding carboxylic acids is 1. The van der Waals surface area contributed by atoms with Gasteiger partial charge >= 0.3 is 6.03 Å². The van der Waals surface area contributed by atoms with Crippen molar-refractivity contribution in [1.82, 2.24) is 20.6 Å². The topological polar surface area (TPSA) is 91.7 Å². The van der Waals surface area contributed by atoms with Crippen LogP contribution in [0.1, 0.15) is 44.0 Å². The minimum atomic E-state index is -0.267. The molecule has 164 valence electrons. The average molecular weight is 423 g/mol. The number of rotatable bonds is 7. The van der Waals surface area contributed by atoms with Crippen LogP contribution < -0.4 is 20.3 Å². The quantitative estimate of drug-likeness (QED) is 0.669. The lowest BCUT2D eigenvalue weighted by Crippen LogP contribution is -2.54. The number of hydrogen-bond donors (Lipinski definition) is 2. The smallest absolute Gasteiger partial charge is 0.322 e. The predicted molar refractivity (Wildman–Crippen MR) is 121 cm³/mol. The fraction of sp³-hybridized carbons (Fsp3) is 0.478. The number of nitrogens with zero attached hydrogens (tertiary/aromatic N) is 4. The molecule has 8 heteroatoms. The monoisotopic (exact) mass is 422 g/mol. The van der Waals surface area contributed by atoms with E-state index in [0.29, 0.717) is 30.5 Å². The minimum Gasteiger partial charge on any atom is -0.479 e. The molecule has 2 fully saturated rings. The number of amides is 2.